The Hall–Kier alpha value is -1.35. The minimum Gasteiger partial charge on any atom is -0.481 e. The third kappa shape index (κ3) is 3.07. The molecule has 1 aromatic carbocycles. The van der Waals surface area contributed by atoms with Gasteiger partial charge < -0.3 is 5.11 Å². The number of likely N-dealkylation sites (tertiary alicyclic amines) is 1. The van der Waals surface area contributed by atoms with Gasteiger partial charge in [-0.1, -0.05) is 37.3 Å². The van der Waals surface area contributed by atoms with Crippen LogP contribution in [0.4, 0.5) is 0 Å². The van der Waals surface area contributed by atoms with E-state index >= 15 is 0 Å². The van der Waals surface area contributed by atoms with Crippen molar-refractivity contribution in [3.05, 3.63) is 35.9 Å². The third-order valence-corrected chi connectivity index (χ3v) is 3.56. The Balaban J connectivity index is 1.89. The molecule has 2 rings (SSSR count). The van der Waals surface area contributed by atoms with E-state index in [1.54, 1.807) is 0 Å². The average molecular weight is 233 g/mol. The van der Waals surface area contributed by atoms with Gasteiger partial charge in [0.2, 0.25) is 0 Å². The Morgan fingerprint density at radius 1 is 1.47 bits per heavy atom. The van der Waals surface area contributed by atoms with Gasteiger partial charge in [-0.15, -0.1) is 0 Å². The summed E-state index contributed by atoms with van der Waals surface area (Å²) in [5.74, 6) is -0.450. The second-order valence-corrected chi connectivity index (χ2v) is 4.89. The van der Waals surface area contributed by atoms with Gasteiger partial charge in [0.15, 0.2) is 0 Å². The molecule has 0 radical (unpaired) electrons. The summed E-state index contributed by atoms with van der Waals surface area (Å²) < 4.78 is 0. The lowest BCUT2D eigenvalue weighted by Gasteiger charge is -2.44. The summed E-state index contributed by atoms with van der Waals surface area (Å²) in [6, 6.07) is 10.8. The molecule has 17 heavy (non-hydrogen) atoms. The van der Waals surface area contributed by atoms with E-state index in [0.29, 0.717) is 6.04 Å². The third-order valence-electron chi connectivity index (χ3n) is 3.56. The summed E-state index contributed by atoms with van der Waals surface area (Å²) in [4.78, 5) is 13.1. The molecule has 0 aliphatic carbocycles. The number of rotatable bonds is 5. The molecule has 1 heterocycles. The smallest absolute Gasteiger partial charge is 0.303 e. The Bertz CT molecular complexity index is 377. The molecule has 3 nitrogen and oxygen atoms in total. The zero-order valence-corrected chi connectivity index (χ0v) is 10.2. The lowest BCUT2D eigenvalue weighted by Crippen LogP contribution is -2.50. The minimum atomic E-state index is -0.691. The van der Waals surface area contributed by atoms with Crippen molar-refractivity contribution in [3.63, 3.8) is 0 Å². The van der Waals surface area contributed by atoms with Crippen LogP contribution in [0.1, 0.15) is 25.3 Å². The highest BCUT2D eigenvalue weighted by Gasteiger charge is 2.33. The zero-order chi connectivity index (χ0) is 12.3. The number of benzene rings is 1. The number of nitrogens with zero attached hydrogens (tertiary/aromatic N) is 1. The summed E-state index contributed by atoms with van der Waals surface area (Å²) in [6.07, 6.45) is 1.40. The SMILES string of the molecule is CC(CC(=O)O)C1CCN1Cc1ccccc1. The molecule has 0 aromatic heterocycles. The van der Waals surface area contributed by atoms with E-state index in [1.807, 2.05) is 25.1 Å². The molecule has 1 aromatic rings. The maximum Gasteiger partial charge on any atom is 0.303 e. The van der Waals surface area contributed by atoms with Crippen LogP contribution in [-0.2, 0) is 11.3 Å². The molecule has 2 atom stereocenters. The molecule has 0 saturated carbocycles. The van der Waals surface area contributed by atoms with Crippen molar-refractivity contribution in [2.75, 3.05) is 6.54 Å². The number of aliphatic carboxylic acids is 1. The first-order valence-electron chi connectivity index (χ1n) is 6.16. The Morgan fingerprint density at radius 2 is 2.18 bits per heavy atom. The van der Waals surface area contributed by atoms with E-state index in [-0.39, 0.29) is 12.3 Å². The average Bonchev–Trinajstić information content (AvgIpc) is 2.24. The van der Waals surface area contributed by atoms with E-state index in [2.05, 4.69) is 17.0 Å². The van der Waals surface area contributed by atoms with E-state index in [0.717, 1.165) is 19.5 Å². The summed E-state index contributed by atoms with van der Waals surface area (Å²) in [7, 11) is 0. The topological polar surface area (TPSA) is 40.5 Å². The number of carboxylic acid groups (broad SMARTS) is 1. The molecule has 1 aliphatic rings. The van der Waals surface area contributed by atoms with Crippen molar-refractivity contribution in [1.29, 1.82) is 0 Å². The molecular formula is C14H19NO2. The van der Waals surface area contributed by atoms with Gasteiger partial charge in [0.1, 0.15) is 0 Å². The lowest BCUT2D eigenvalue weighted by molar-refractivity contribution is -0.139. The first kappa shape index (κ1) is 12.1. The molecule has 0 amide bonds. The van der Waals surface area contributed by atoms with Crippen LogP contribution in [-0.4, -0.2) is 28.6 Å². The van der Waals surface area contributed by atoms with Crippen LogP contribution in [0.5, 0.6) is 0 Å². The van der Waals surface area contributed by atoms with Gasteiger partial charge in [-0.3, -0.25) is 9.69 Å². The predicted octanol–water partition coefficient (Wildman–Crippen LogP) is 2.37. The zero-order valence-electron chi connectivity index (χ0n) is 10.2. The first-order chi connectivity index (χ1) is 8.16. The lowest BCUT2D eigenvalue weighted by atomic mass is 9.88. The van der Waals surface area contributed by atoms with Gasteiger partial charge in [-0.2, -0.15) is 0 Å². The van der Waals surface area contributed by atoms with Gasteiger partial charge in [0, 0.05) is 25.6 Å². The molecule has 0 bridgehead atoms. The quantitative estimate of drug-likeness (QED) is 0.848. The monoisotopic (exact) mass is 233 g/mol. The van der Waals surface area contributed by atoms with Crippen molar-refractivity contribution >= 4 is 5.97 Å². The largest absolute Gasteiger partial charge is 0.481 e. The minimum absolute atomic E-state index is 0.241. The van der Waals surface area contributed by atoms with Crippen LogP contribution < -0.4 is 0 Å². The molecular weight excluding hydrogens is 214 g/mol. The molecule has 92 valence electrons. The van der Waals surface area contributed by atoms with Crippen LogP contribution >= 0.6 is 0 Å². The fourth-order valence-electron chi connectivity index (χ4n) is 2.53. The van der Waals surface area contributed by atoms with Crippen LogP contribution in [0, 0.1) is 5.92 Å². The van der Waals surface area contributed by atoms with E-state index in [9.17, 15) is 4.79 Å². The number of hydrogen-bond acceptors (Lipinski definition) is 2. The van der Waals surface area contributed by atoms with Crippen LogP contribution in [0.25, 0.3) is 0 Å². The van der Waals surface area contributed by atoms with E-state index in [1.165, 1.54) is 5.56 Å². The maximum atomic E-state index is 10.7. The molecule has 2 unspecified atom stereocenters. The highest BCUT2D eigenvalue weighted by atomic mass is 16.4. The van der Waals surface area contributed by atoms with Crippen molar-refractivity contribution in [1.82, 2.24) is 4.90 Å². The van der Waals surface area contributed by atoms with Gasteiger partial charge in [0.25, 0.3) is 0 Å². The predicted molar refractivity (Wildman–Crippen MR) is 66.7 cm³/mol. The maximum absolute atomic E-state index is 10.7. The van der Waals surface area contributed by atoms with Gasteiger partial charge >= 0.3 is 5.97 Å². The summed E-state index contributed by atoms with van der Waals surface area (Å²) in [5, 5.41) is 8.81. The summed E-state index contributed by atoms with van der Waals surface area (Å²) >= 11 is 0. The molecule has 1 fully saturated rings. The Labute approximate surface area is 102 Å². The Morgan fingerprint density at radius 3 is 2.71 bits per heavy atom. The van der Waals surface area contributed by atoms with Gasteiger partial charge in [0.05, 0.1) is 0 Å². The summed E-state index contributed by atoms with van der Waals surface area (Å²) in [5.41, 5.74) is 1.31. The van der Waals surface area contributed by atoms with Gasteiger partial charge in [-0.25, -0.2) is 0 Å². The van der Waals surface area contributed by atoms with Crippen molar-refractivity contribution in [2.45, 2.75) is 32.4 Å². The van der Waals surface area contributed by atoms with Crippen LogP contribution in [0.3, 0.4) is 0 Å². The van der Waals surface area contributed by atoms with Crippen molar-refractivity contribution in [3.8, 4) is 0 Å². The van der Waals surface area contributed by atoms with E-state index in [4.69, 9.17) is 5.11 Å². The second-order valence-electron chi connectivity index (χ2n) is 4.89. The molecule has 1 saturated heterocycles. The Kier molecular flexibility index (Phi) is 3.79. The highest BCUT2D eigenvalue weighted by Crippen LogP contribution is 2.28. The number of hydrogen-bond donors (Lipinski definition) is 1. The van der Waals surface area contributed by atoms with Crippen LogP contribution in [0.2, 0.25) is 0 Å². The van der Waals surface area contributed by atoms with Crippen LogP contribution in [0.15, 0.2) is 30.3 Å². The molecule has 0 spiro atoms. The fraction of sp³-hybridized carbons (Fsp3) is 0.500. The normalized spacial score (nSPS) is 21.8. The van der Waals surface area contributed by atoms with Crippen molar-refractivity contribution < 1.29 is 9.90 Å². The highest BCUT2D eigenvalue weighted by molar-refractivity contribution is 5.67. The second kappa shape index (κ2) is 5.32. The molecule has 3 heteroatoms. The molecule has 1 N–H and O–H groups in total. The van der Waals surface area contributed by atoms with E-state index < -0.39 is 5.97 Å². The fourth-order valence-corrected chi connectivity index (χ4v) is 2.53. The first-order valence-corrected chi connectivity index (χ1v) is 6.16. The number of carboxylic acids is 1. The number of carbonyl (C=O) groups is 1. The van der Waals surface area contributed by atoms with Gasteiger partial charge in [-0.05, 0) is 17.9 Å². The molecule has 1 aliphatic heterocycles. The van der Waals surface area contributed by atoms with Crippen molar-refractivity contribution in [2.24, 2.45) is 5.92 Å². The standard InChI is InChI=1S/C14H19NO2/c1-11(9-14(16)17)13-7-8-15(13)10-12-5-3-2-4-6-12/h2-6,11,13H,7-10H2,1H3,(H,16,17). The summed E-state index contributed by atoms with van der Waals surface area (Å²) in [6.45, 7) is 4.06.